The zero-order valence-corrected chi connectivity index (χ0v) is 17.5. The molecule has 29 heavy (non-hydrogen) atoms. The number of nitrogens with zero attached hydrogens (tertiary/aromatic N) is 1. The summed E-state index contributed by atoms with van der Waals surface area (Å²) in [6, 6.07) is 12.0. The molecule has 0 radical (unpaired) electrons. The number of furan rings is 1. The summed E-state index contributed by atoms with van der Waals surface area (Å²) < 4.78 is 11.6. The highest BCUT2D eigenvalue weighted by atomic mass is 32.1. The maximum Gasteiger partial charge on any atom is 0.276 e. The van der Waals surface area contributed by atoms with Gasteiger partial charge in [-0.2, -0.15) is 0 Å². The third kappa shape index (κ3) is 4.53. The predicted molar refractivity (Wildman–Crippen MR) is 116 cm³/mol. The summed E-state index contributed by atoms with van der Waals surface area (Å²) in [7, 11) is 0. The normalized spacial score (nSPS) is 19.1. The number of benzene rings is 1. The molecule has 0 atom stereocenters. The maximum atomic E-state index is 12.8. The summed E-state index contributed by atoms with van der Waals surface area (Å²) in [5.74, 6) is 2.05. The first-order valence-corrected chi connectivity index (χ1v) is 10.7. The molecule has 0 unspecified atom stereocenters. The third-order valence-electron chi connectivity index (χ3n) is 5.53. The van der Waals surface area contributed by atoms with E-state index in [1.165, 1.54) is 12.0 Å². The molecule has 2 aromatic rings. The van der Waals surface area contributed by atoms with Crippen LogP contribution in [0.2, 0.25) is 0 Å². The Morgan fingerprint density at radius 2 is 1.93 bits per heavy atom. The second-order valence-electron chi connectivity index (χ2n) is 7.55. The molecule has 1 aromatic heterocycles. The van der Waals surface area contributed by atoms with Crippen LogP contribution in [-0.2, 0) is 17.8 Å². The lowest BCUT2D eigenvalue weighted by Crippen LogP contribution is -2.41. The van der Waals surface area contributed by atoms with Crippen LogP contribution in [0, 0.1) is 0 Å². The van der Waals surface area contributed by atoms with Gasteiger partial charge in [-0.05, 0) is 61.3 Å². The number of carbonyl (C=O) groups excluding carboxylic acids is 1. The summed E-state index contributed by atoms with van der Waals surface area (Å²) in [5.41, 5.74) is 1.75. The Balaban J connectivity index is 1.39. The van der Waals surface area contributed by atoms with E-state index in [0.717, 1.165) is 37.9 Å². The zero-order valence-electron chi connectivity index (χ0n) is 16.6. The van der Waals surface area contributed by atoms with Gasteiger partial charge in [0, 0.05) is 12.1 Å². The van der Waals surface area contributed by atoms with Crippen molar-refractivity contribution in [2.24, 2.45) is 0 Å². The van der Waals surface area contributed by atoms with Gasteiger partial charge in [0.25, 0.3) is 5.91 Å². The van der Waals surface area contributed by atoms with E-state index in [-0.39, 0.29) is 11.9 Å². The van der Waals surface area contributed by atoms with Crippen LogP contribution >= 0.6 is 12.2 Å². The first-order chi connectivity index (χ1) is 14.1. The van der Waals surface area contributed by atoms with Crippen molar-refractivity contribution in [1.82, 2.24) is 10.2 Å². The monoisotopic (exact) mass is 410 g/mol. The summed E-state index contributed by atoms with van der Waals surface area (Å²) >= 11 is 5.41. The molecule has 2 fully saturated rings. The van der Waals surface area contributed by atoms with E-state index in [1.54, 1.807) is 11.0 Å². The van der Waals surface area contributed by atoms with Crippen LogP contribution in [0.25, 0.3) is 6.08 Å². The average molecular weight is 411 g/mol. The van der Waals surface area contributed by atoms with Crippen molar-refractivity contribution >= 4 is 29.3 Å². The van der Waals surface area contributed by atoms with Crippen molar-refractivity contribution in [1.29, 1.82) is 0 Å². The van der Waals surface area contributed by atoms with Gasteiger partial charge in [-0.15, -0.1) is 0 Å². The Morgan fingerprint density at radius 1 is 1.17 bits per heavy atom. The van der Waals surface area contributed by atoms with Crippen LogP contribution in [0.3, 0.4) is 0 Å². The number of amides is 1. The maximum absolute atomic E-state index is 12.8. The molecule has 5 nitrogen and oxygen atoms in total. The van der Waals surface area contributed by atoms with Gasteiger partial charge in [-0.1, -0.05) is 38.3 Å². The van der Waals surface area contributed by atoms with Gasteiger partial charge in [-0.3, -0.25) is 9.69 Å². The number of carbonyl (C=O) groups is 1. The minimum Gasteiger partial charge on any atom is -0.486 e. The molecule has 1 N–H and O–H groups in total. The van der Waals surface area contributed by atoms with Crippen molar-refractivity contribution in [2.75, 3.05) is 0 Å². The fourth-order valence-electron chi connectivity index (χ4n) is 3.89. The van der Waals surface area contributed by atoms with Crippen molar-refractivity contribution in [3.63, 3.8) is 0 Å². The van der Waals surface area contributed by atoms with E-state index in [1.807, 2.05) is 24.3 Å². The number of rotatable bonds is 6. The Kier molecular flexibility index (Phi) is 6.00. The molecule has 2 heterocycles. The lowest BCUT2D eigenvalue weighted by molar-refractivity contribution is -0.124. The molecule has 4 rings (SSSR count). The van der Waals surface area contributed by atoms with E-state index < -0.39 is 0 Å². The minimum absolute atomic E-state index is 0.0629. The van der Waals surface area contributed by atoms with Crippen LogP contribution in [0.15, 0.2) is 46.5 Å². The molecule has 1 aliphatic carbocycles. The molecule has 0 spiro atoms. The molecule has 1 aromatic carbocycles. The quantitative estimate of drug-likeness (QED) is 0.547. The predicted octanol–water partition coefficient (Wildman–Crippen LogP) is 4.81. The number of hydrogen-bond donors (Lipinski definition) is 1. The van der Waals surface area contributed by atoms with Crippen LogP contribution in [0.1, 0.15) is 56.1 Å². The second-order valence-corrected chi connectivity index (χ2v) is 7.93. The van der Waals surface area contributed by atoms with E-state index >= 15 is 0 Å². The standard InChI is InChI=1S/C23H26N2O3S/c1-2-16-8-10-18(11-9-16)27-15-20-13-12-19(28-20)14-21-22(26)25(23(29)24-21)17-6-4-3-5-7-17/h8-14,17H,2-7,15H2,1H3,(H,24,29)/b21-14+. The molecule has 1 amide bonds. The van der Waals surface area contributed by atoms with Gasteiger partial charge >= 0.3 is 0 Å². The van der Waals surface area contributed by atoms with Crippen LogP contribution < -0.4 is 10.1 Å². The Bertz CT molecular complexity index is 910. The van der Waals surface area contributed by atoms with Gasteiger partial charge in [0.15, 0.2) is 5.11 Å². The molecule has 1 saturated heterocycles. The third-order valence-corrected chi connectivity index (χ3v) is 5.83. The molecule has 2 aliphatic rings. The number of thiocarbonyl (C=S) groups is 1. The molecule has 1 aliphatic heterocycles. The first-order valence-electron chi connectivity index (χ1n) is 10.3. The molecule has 152 valence electrons. The molecule has 6 heteroatoms. The lowest BCUT2D eigenvalue weighted by atomic mass is 9.94. The van der Waals surface area contributed by atoms with Crippen LogP contribution in [0.4, 0.5) is 0 Å². The number of ether oxygens (including phenoxy) is 1. The van der Waals surface area contributed by atoms with Gasteiger partial charge in [-0.25, -0.2) is 0 Å². The van der Waals surface area contributed by atoms with Crippen LogP contribution in [-0.4, -0.2) is 22.0 Å². The van der Waals surface area contributed by atoms with Gasteiger partial charge < -0.3 is 14.5 Å². The fourth-order valence-corrected chi connectivity index (χ4v) is 4.23. The molecular formula is C23H26N2O3S. The highest BCUT2D eigenvalue weighted by molar-refractivity contribution is 7.80. The smallest absolute Gasteiger partial charge is 0.276 e. The SMILES string of the molecule is CCc1ccc(OCc2ccc(/C=C3/NC(=S)N(C4CCCCC4)C3=O)o2)cc1. The summed E-state index contributed by atoms with van der Waals surface area (Å²) in [6.07, 6.45) is 8.30. The molecule has 0 bridgehead atoms. The zero-order chi connectivity index (χ0) is 20.2. The average Bonchev–Trinajstić information content (AvgIpc) is 3.31. The highest BCUT2D eigenvalue weighted by Gasteiger charge is 2.36. The Morgan fingerprint density at radius 3 is 2.66 bits per heavy atom. The second kappa shape index (κ2) is 8.82. The number of aryl methyl sites for hydroxylation is 1. The summed E-state index contributed by atoms with van der Waals surface area (Å²) in [4.78, 5) is 14.6. The van der Waals surface area contributed by atoms with Gasteiger partial charge in [0.05, 0.1) is 0 Å². The van der Waals surface area contributed by atoms with E-state index in [9.17, 15) is 4.79 Å². The summed E-state index contributed by atoms with van der Waals surface area (Å²) in [6.45, 7) is 2.46. The first kappa shape index (κ1) is 19.7. The van der Waals surface area contributed by atoms with Crippen molar-refractivity contribution in [2.45, 2.75) is 58.1 Å². The summed E-state index contributed by atoms with van der Waals surface area (Å²) in [5, 5.41) is 3.55. The van der Waals surface area contributed by atoms with Gasteiger partial charge in [0.1, 0.15) is 29.6 Å². The number of hydrogen-bond acceptors (Lipinski definition) is 4. The number of nitrogens with one attached hydrogen (secondary N) is 1. The lowest BCUT2D eigenvalue weighted by Gasteiger charge is -2.29. The fraction of sp³-hybridized carbons (Fsp3) is 0.391. The van der Waals surface area contributed by atoms with Crippen LogP contribution in [0.5, 0.6) is 5.75 Å². The van der Waals surface area contributed by atoms with Crippen molar-refractivity contribution < 1.29 is 13.9 Å². The van der Waals surface area contributed by atoms with E-state index in [0.29, 0.717) is 28.9 Å². The van der Waals surface area contributed by atoms with Gasteiger partial charge in [0.2, 0.25) is 0 Å². The van der Waals surface area contributed by atoms with E-state index in [2.05, 4.69) is 24.4 Å². The highest BCUT2D eigenvalue weighted by Crippen LogP contribution is 2.27. The van der Waals surface area contributed by atoms with Crippen molar-refractivity contribution in [3.8, 4) is 5.75 Å². The molecular weight excluding hydrogens is 384 g/mol. The van der Waals surface area contributed by atoms with E-state index in [4.69, 9.17) is 21.4 Å². The topological polar surface area (TPSA) is 54.7 Å². The van der Waals surface area contributed by atoms with Crippen molar-refractivity contribution in [3.05, 3.63) is 59.2 Å². The minimum atomic E-state index is -0.0629. The Hall–Kier alpha value is -2.60. The molecule has 1 saturated carbocycles. The largest absolute Gasteiger partial charge is 0.486 e. The Labute approximate surface area is 176 Å².